The number of hydrogen-bond acceptors (Lipinski definition) is 4. The molecule has 0 atom stereocenters. The predicted molar refractivity (Wildman–Crippen MR) is 116 cm³/mol. The molecule has 0 saturated carbocycles. The fourth-order valence-corrected chi connectivity index (χ4v) is 5.53. The van der Waals surface area contributed by atoms with Gasteiger partial charge in [0.1, 0.15) is 0 Å². The Labute approximate surface area is 175 Å². The molecule has 2 heterocycles. The van der Waals surface area contributed by atoms with Gasteiger partial charge in [0, 0.05) is 36.2 Å². The molecular formula is C22H20F3NOS2. The number of thioether (sulfide) groups is 1. The minimum absolute atomic E-state index is 0.523. The van der Waals surface area contributed by atoms with Crippen LogP contribution in [0.2, 0.25) is 0 Å². The lowest BCUT2D eigenvalue weighted by Crippen LogP contribution is -2.21. The Hall–Kier alpha value is -1.80. The van der Waals surface area contributed by atoms with E-state index in [-0.39, 0.29) is 0 Å². The van der Waals surface area contributed by atoms with Crippen molar-refractivity contribution < 1.29 is 17.9 Å². The van der Waals surface area contributed by atoms with Gasteiger partial charge in [0.05, 0.1) is 18.8 Å². The zero-order chi connectivity index (χ0) is 20.6. The molecule has 0 unspecified atom stereocenters. The summed E-state index contributed by atoms with van der Waals surface area (Å²) < 4.78 is 46.8. The third kappa shape index (κ3) is 4.38. The molecule has 152 valence electrons. The van der Waals surface area contributed by atoms with E-state index < -0.39 is 11.7 Å². The van der Waals surface area contributed by atoms with Crippen molar-refractivity contribution >= 4 is 44.2 Å². The van der Waals surface area contributed by atoms with Gasteiger partial charge in [-0.3, -0.25) is 0 Å². The van der Waals surface area contributed by atoms with Crippen molar-refractivity contribution in [2.75, 3.05) is 33.9 Å². The van der Waals surface area contributed by atoms with Crippen LogP contribution in [0.4, 0.5) is 13.2 Å². The molecule has 0 N–H and O–H groups in total. The van der Waals surface area contributed by atoms with Gasteiger partial charge in [-0.2, -0.15) is 13.2 Å². The second kappa shape index (κ2) is 8.14. The van der Waals surface area contributed by atoms with Crippen molar-refractivity contribution in [3.63, 3.8) is 0 Å². The first kappa shape index (κ1) is 20.5. The van der Waals surface area contributed by atoms with Crippen LogP contribution in [0.25, 0.3) is 21.1 Å². The molecule has 0 bridgehead atoms. The molecule has 29 heavy (non-hydrogen) atoms. The second-order valence-electron chi connectivity index (χ2n) is 7.12. The van der Waals surface area contributed by atoms with Gasteiger partial charge in [-0.05, 0) is 44.0 Å². The van der Waals surface area contributed by atoms with Crippen molar-refractivity contribution in [2.24, 2.45) is 0 Å². The zero-order valence-corrected chi connectivity index (χ0v) is 17.7. The highest BCUT2D eigenvalue weighted by Gasteiger charge is 2.31. The van der Waals surface area contributed by atoms with Gasteiger partial charge in [0.15, 0.2) is 0 Å². The topological polar surface area (TPSA) is 12.5 Å². The molecule has 0 saturated heterocycles. The van der Waals surface area contributed by atoms with Gasteiger partial charge in [0.2, 0.25) is 0 Å². The number of halogens is 3. The number of allylic oxidation sites excluding steroid dienone is 4. The highest BCUT2D eigenvalue weighted by atomic mass is 32.2. The van der Waals surface area contributed by atoms with Gasteiger partial charge in [-0.1, -0.05) is 36.1 Å². The molecule has 2 aliphatic rings. The molecule has 1 aromatic carbocycles. The number of rotatable bonds is 5. The average Bonchev–Trinajstić information content (AvgIpc) is 2.92. The quantitative estimate of drug-likeness (QED) is 0.641. The zero-order valence-electron chi connectivity index (χ0n) is 16.0. The van der Waals surface area contributed by atoms with Crippen molar-refractivity contribution in [1.29, 1.82) is 0 Å². The van der Waals surface area contributed by atoms with Gasteiger partial charge >= 0.3 is 6.18 Å². The van der Waals surface area contributed by atoms with Gasteiger partial charge in [-0.15, -0.1) is 11.3 Å². The summed E-state index contributed by atoms with van der Waals surface area (Å²) in [6, 6.07) is 4.03. The largest absolute Gasteiger partial charge is 0.416 e. The number of nitrogens with zero attached hydrogens (tertiary/aromatic N) is 1. The Morgan fingerprint density at radius 3 is 2.69 bits per heavy atom. The summed E-state index contributed by atoms with van der Waals surface area (Å²) in [6.45, 7) is 2.03. The lowest BCUT2D eigenvalue weighted by Gasteiger charge is -2.16. The summed E-state index contributed by atoms with van der Waals surface area (Å²) in [6.07, 6.45) is 5.77. The number of fused-ring (bicyclic) bond motifs is 4. The lowest BCUT2D eigenvalue weighted by molar-refractivity contribution is -0.137. The molecule has 1 aliphatic heterocycles. The van der Waals surface area contributed by atoms with Crippen LogP contribution in [0.5, 0.6) is 0 Å². The van der Waals surface area contributed by atoms with Crippen LogP contribution in [0.3, 0.4) is 0 Å². The first-order valence-electron chi connectivity index (χ1n) is 9.17. The molecule has 1 aliphatic carbocycles. The molecule has 0 amide bonds. The molecule has 4 rings (SSSR count). The Morgan fingerprint density at radius 2 is 1.93 bits per heavy atom. The fourth-order valence-electron chi connectivity index (χ4n) is 3.19. The van der Waals surface area contributed by atoms with Gasteiger partial charge in [0.25, 0.3) is 0 Å². The maximum atomic E-state index is 13.1. The van der Waals surface area contributed by atoms with Crippen molar-refractivity contribution in [3.05, 3.63) is 68.3 Å². The molecule has 1 aromatic heterocycles. The molecule has 0 fully saturated rings. The smallest absolute Gasteiger partial charge is 0.375 e. The van der Waals surface area contributed by atoms with E-state index in [0.717, 1.165) is 37.1 Å². The van der Waals surface area contributed by atoms with Crippen molar-refractivity contribution in [2.45, 2.75) is 6.18 Å². The van der Waals surface area contributed by atoms with E-state index in [2.05, 4.69) is 17.1 Å². The van der Waals surface area contributed by atoms with Gasteiger partial charge < -0.3 is 9.64 Å². The summed E-state index contributed by atoms with van der Waals surface area (Å²) in [5.41, 5.74) is 0.463. The molecule has 2 nitrogen and oxygen atoms in total. The van der Waals surface area contributed by atoms with Crippen LogP contribution in [0.1, 0.15) is 5.56 Å². The van der Waals surface area contributed by atoms with E-state index in [4.69, 9.17) is 4.74 Å². The van der Waals surface area contributed by atoms with Crippen LogP contribution in [-0.4, -0.2) is 38.8 Å². The van der Waals surface area contributed by atoms with Crippen LogP contribution >= 0.6 is 23.1 Å². The summed E-state index contributed by atoms with van der Waals surface area (Å²) >= 11 is 3.04. The minimum atomic E-state index is -4.34. The SMILES string of the molecule is CN(C)CCOCC1=CC=C2C=CC=c3sc4cc(C(F)(F)F)ccc4c3=C2S1. The van der Waals surface area contributed by atoms with Crippen molar-refractivity contribution in [1.82, 2.24) is 4.90 Å². The maximum Gasteiger partial charge on any atom is 0.416 e. The first-order chi connectivity index (χ1) is 13.8. The Morgan fingerprint density at radius 1 is 1.10 bits per heavy atom. The monoisotopic (exact) mass is 435 g/mol. The Kier molecular flexibility index (Phi) is 5.75. The van der Waals surface area contributed by atoms with E-state index in [1.54, 1.807) is 17.8 Å². The van der Waals surface area contributed by atoms with E-state index in [0.29, 0.717) is 17.9 Å². The highest BCUT2D eigenvalue weighted by molar-refractivity contribution is 8.11. The maximum absolute atomic E-state index is 13.1. The molecule has 2 aromatic rings. The number of hydrogen-bond donors (Lipinski definition) is 0. The number of likely N-dealkylation sites (N-methyl/N-ethyl adjacent to an activating group) is 1. The summed E-state index contributed by atoms with van der Waals surface area (Å²) in [5, 5.41) is 1.87. The van der Waals surface area contributed by atoms with Crippen LogP contribution in [0, 0.1) is 0 Å². The summed E-state index contributed by atoms with van der Waals surface area (Å²) in [7, 11) is 4.01. The average molecular weight is 436 g/mol. The van der Waals surface area contributed by atoms with Gasteiger partial charge in [-0.25, -0.2) is 0 Å². The molecule has 7 heteroatoms. The number of alkyl halides is 3. The molecule has 0 spiro atoms. The fraction of sp³-hybridized carbons (Fsp3) is 0.273. The standard InChI is InChI=1S/C22H20F3NOS2/c1-26(2)10-11-27-13-16-8-6-14-4-3-5-18-20(21(14)28-16)17-9-7-15(22(23,24)25)12-19(17)29-18/h3-9,12H,10-11,13H2,1-2H3. The first-order valence-corrected chi connectivity index (χ1v) is 10.8. The second-order valence-corrected chi connectivity index (χ2v) is 9.34. The third-order valence-electron chi connectivity index (χ3n) is 4.67. The molecular weight excluding hydrogens is 415 g/mol. The van der Waals surface area contributed by atoms with Crippen LogP contribution < -0.4 is 9.75 Å². The highest BCUT2D eigenvalue weighted by Crippen LogP contribution is 2.38. The van der Waals surface area contributed by atoms with Crippen molar-refractivity contribution in [3.8, 4) is 0 Å². The Balaban J connectivity index is 1.73. The van der Waals surface area contributed by atoms with E-state index in [1.807, 2.05) is 32.3 Å². The summed E-state index contributed by atoms with van der Waals surface area (Å²) in [4.78, 5) is 4.24. The number of benzene rings is 1. The predicted octanol–water partition coefficient (Wildman–Crippen LogP) is 4.51. The van der Waals surface area contributed by atoms with Crippen LogP contribution in [0.15, 0.2) is 53.0 Å². The molecule has 0 radical (unpaired) electrons. The normalized spacial score (nSPS) is 16.3. The van der Waals surface area contributed by atoms with E-state index >= 15 is 0 Å². The third-order valence-corrected chi connectivity index (χ3v) is 6.94. The van der Waals surface area contributed by atoms with E-state index in [1.165, 1.54) is 23.5 Å². The Bertz CT molecular complexity index is 1150. The summed E-state index contributed by atoms with van der Waals surface area (Å²) in [5.74, 6) is 0. The lowest BCUT2D eigenvalue weighted by atomic mass is 10.1. The van der Waals surface area contributed by atoms with E-state index in [9.17, 15) is 13.2 Å². The number of ether oxygens (including phenoxy) is 1. The number of thiophene rings is 1. The van der Waals surface area contributed by atoms with Crippen LogP contribution in [-0.2, 0) is 10.9 Å². The minimum Gasteiger partial charge on any atom is -0.375 e.